The molecule has 0 saturated carbocycles. The quantitative estimate of drug-likeness (QED) is 0.795. The fourth-order valence-electron chi connectivity index (χ4n) is 2.41. The molecule has 1 amide bonds. The van der Waals surface area contributed by atoms with Crippen molar-refractivity contribution in [1.29, 1.82) is 0 Å². The number of esters is 1. The Hall–Kier alpha value is -2.60. The highest BCUT2D eigenvalue weighted by molar-refractivity contribution is 6.30. The molecule has 6 nitrogen and oxygen atoms in total. The normalized spacial score (nSPS) is 14.0. The number of benzene rings is 1. The van der Waals surface area contributed by atoms with Gasteiger partial charge in [0.05, 0.1) is 36.3 Å². The van der Waals surface area contributed by atoms with Crippen molar-refractivity contribution in [2.45, 2.75) is 6.10 Å². The number of hydrogen-bond acceptors (Lipinski definition) is 5. The number of likely N-dealkylation sites (tertiary alicyclic amines) is 1. The van der Waals surface area contributed by atoms with Crippen LogP contribution in [0.15, 0.2) is 42.6 Å². The summed E-state index contributed by atoms with van der Waals surface area (Å²) in [4.78, 5) is 30.0. The molecule has 0 radical (unpaired) electrons. The van der Waals surface area contributed by atoms with E-state index in [1.807, 2.05) is 0 Å². The Morgan fingerprint density at radius 3 is 2.50 bits per heavy atom. The first kappa shape index (κ1) is 16.3. The van der Waals surface area contributed by atoms with E-state index in [0.717, 1.165) is 0 Å². The van der Waals surface area contributed by atoms with Gasteiger partial charge in [0.15, 0.2) is 0 Å². The summed E-state index contributed by atoms with van der Waals surface area (Å²) in [6, 6.07) is 9.97. The molecule has 3 rings (SSSR count). The number of rotatable bonds is 4. The smallest absolute Gasteiger partial charge is 0.338 e. The van der Waals surface area contributed by atoms with Crippen LogP contribution in [0.3, 0.4) is 0 Å². The molecular formula is C17H15ClN2O4. The van der Waals surface area contributed by atoms with E-state index in [-0.39, 0.29) is 17.6 Å². The number of carbonyl (C=O) groups is 2. The van der Waals surface area contributed by atoms with Crippen molar-refractivity contribution < 1.29 is 19.1 Å². The van der Waals surface area contributed by atoms with Crippen molar-refractivity contribution in [2.75, 3.05) is 20.2 Å². The second-order valence-electron chi connectivity index (χ2n) is 5.30. The van der Waals surface area contributed by atoms with Crippen LogP contribution < -0.4 is 4.74 Å². The first-order chi connectivity index (χ1) is 11.6. The average molecular weight is 347 g/mol. The molecule has 0 N–H and O–H groups in total. The molecule has 2 heterocycles. The Bertz CT molecular complexity index is 757. The largest absolute Gasteiger partial charge is 0.471 e. The van der Waals surface area contributed by atoms with Crippen LogP contribution in [0.25, 0.3) is 0 Å². The maximum atomic E-state index is 12.5. The highest BCUT2D eigenvalue weighted by atomic mass is 35.5. The van der Waals surface area contributed by atoms with E-state index in [2.05, 4.69) is 4.98 Å². The molecule has 124 valence electrons. The lowest BCUT2D eigenvalue weighted by atomic mass is 10.0. The standard InChI is InChI=1S/C17H15ClN2O4/c1-23-17(22)14-5-3-2-4-13(14)16(21)20-9-12(10-20)24-15-7-6-11(18)8-19-15/h2-8,12H,9-10H2,1H3. The molecule has 1 aromatic heterocycles. The summed E-state index contributed by atoms with van der Waals surface area (Å²) in [6.45, 7) is 0.858. The van der Waals surface area contributed by atoms with Gasteiger partial charge >= 0.3 is 5.97 Å². The van der Waals surface area contributed by atoms with Gasteiger partial charge in [-0.15, -0.1) is 0 Å². The first-order valence-electron chi connectivity index (χ1n) is 7.33. The van der Waals surface area contributed by atoms with Crippen LogP contribution in [0.5, 0.6) is 5.88 Å². The third kappa shape index (κ3) is 3.33. The van der Waals surface area contributed by atoms with Crippen LogP contribution >= 0.6 is 11.6 Å². The molecule has 1 aliphatic heterocycles. The van der Waals surface area contributed by atoms with Crippen LogP contribution in [0.2, 0.25) is 5.02 Å². The van der Waals surface area contributed by atoms with Crippen molar-refractivity contribution in [3.63, 3.8) is 0 Å². The van der Waals surface area contributed by atoms with Crippen LogP contribution in [-0.2, 0) is 4.74 Å². The van der Waals surface area contributed by atoms with E-state index >= 15 is 0 Å². The van der Waals surface area contributed by atoms with Crippen molar-refractivity contribution in [3.05, 3.63) is 58.7 Å². The van der Waals surface area contributed by atoms with Gasteiger partial charge in [0, 0.05) is 12.3 Å². The number of carbonyl (C=O) groups excluding carboxylic acids is 2. The third-order valence-electron chi connectivity index (χ3n) is 3.69. The Kier molecular flexibility index (Phi) is 4.66. The molecule has 0 bridgehead atoms. The van der Waals surface area contributed by atoms with E-state index in [1.54, 1.807) is 41.3 Å². The second kappa shape index (κ2) is 6.88. The van der Waals surface area contributed by atoms with Crippen LogP contribution in [-0.4, -0.2) is 48.1 Å². The SMILES string of the molecule is COC(=O)c1ccccc1C(=O)N1CC(Oc2ccc(Cl)cn2)C1. The number of hydrogen-bond donors (Lipinski definition) is 0. The maximum absolute atomic E-state index is 12.5. The Labute approximate surface area is 144 Å². The Morgan fingerprint density at radius 2 is 1.88 bits per heavy atom. The molecule has 1 aromatic carbocycles. The van der Waals surface area contributed by atoms with Gasteiger partial charge in [-0.25, -0.2) is 9.78 Å². The molecule has 1 saturated heterocycles. The summed E-state index contributed by atoms with van der Waals surface area (Å²) in [5.74, 6) is -0.288. The molecule has 0 atom stereocenters. The Balaban J connectivity index is 1.63. The zero-order valence-corrected chi connectivity index (χ0v) is 13.7. The zero-order valence-electron chi connectivity index (χ0n) is 12.9. The van der Waals surface area contributed by atoms with E-state index in [4.69, 9.17) is 21.1 Å². The van der Waals surface area contributed by atoms with Gasteiger partial charge < -0.3 is 14.4 Å². The lowest BCUT2D eigenvalue weighted by Crippen LogP contribution is -2.56. The molecule has 0 aliphatic carbocycles. The summed E-state index contributed by atoms with van der Waals surface area (Å²) in [5.41, 5.74) is 0.584. The minimum Gasteiger partial charge on any atom is -0.471 e. The Morgan fingerprint density at radius 1 is 1.17 bits per heavy atom. The summed E-state index contributed by atoms with van der Waals surface area (Å²) in [6.07, 6.45) is 1.37. The highest BCUT2D eigenvalue weighted by Crippen LogP contribution is 2.21. The van der Waals surface area contributed by atoms with E-state index in [9.17, 15) is 9.59 Å². The van der Waals surface area contributed by atoms with Gasteiger partial charge in [-0.2, -0.15) is 0 Å². The monoisotopic (exact) mass is 346 g/mol. The maximum Gasteiger partial charge on any atom is 0.338 e. The van der Waals surface area contributed by atoms with Crippen molar-refractivity contribution >= 4 is 23.5 Å². The number of pyridine rings is 1. The minimum absolute atomic E-state index is 0.132. The predicted octanol–water partition coefficient (Wildman–Crippen LogP) is 2.43. The van der Waals surface area contributed by atoms with Crippen molar-refractivity contribution in [1.82, 2.24) is 9.88 Å². The molecule has 7 heteroatoms. The minimum atomic E-state index is -0.530. The molecule has 1 fully saturated rings. The van der Waals surface area contributed by atoms with Crippen LogP contribution in [0, 0.1) is 0 Å². The topological polar surface area (TPSA) is 68.7 Å². The van der Waals surface area contributed by atoms with Gasteiger partial charge in [-0.1, -0.05) is 23.7 Å². The summed E-state index contributed by atoms with van der Waals surface area (Å²) >= 11 is 5.77. The van der Waals surface area contributed by atoms with E-state index < -0.39 is 5.97 Å². The molecule has 0 spiro atoms. The van der Waals surface area contributed by atoms with Gasteiger partial charge in [0.2, 0.25) is 5.88 Å². The second-order valence-corrected chi connectivity index (χ2v) is 5.74. The number of nitrogens with zero attached hydrogens (tertiary/aromatic N) is 2. The molecular weight excluding hydrogens is 332 g/mol. The number of aromatic nitrogens is 1. The van der Waals surface area contributed by atoms with Crippen molar-refractivity contribution in [3.8, 4) is 5.88 Å². The summed E-state index contributed by atoms with van der Waals surface area (Å²) in [5, 5.41) is 0.534. The number of ether oxygens (including phenoxy) is 2. The highest BCUT2D eigenvalue weighted by Gasteiger charge is 2.34. The molecule has 24 heavy (non-hydrogen) atoms. The van der Waals surface area contributed by atoms with Gasteiger partial charge in [0.1, 0.15) is 6.10 Å². The fourth-order valence-corrected chi connectivity index (χ4v) is 2.52. The molecule has 2 aromatic rings. The first-order valence-corrected chi connectivity index (χ1v) is 7.71. The zero-order chi connectivity index (χ0) is 17.1. The number of methoxy groups -OCH3 is 1. The van der Waals surface area contributed by atoms with Crippen molar-refractivity contribution in [2.24, 2.45) is 0 Å². The molecule has 1 aliphatic rings. The lowest BCUT2D eigenvalue weighted by molar-refractivity contribution is 0.0157. The summed E-state index contributed by atoms with van der Waals surface area (Å²) in [7, 11) is 1.29. The predicted molar refractivity (Wildman–Crippen MR) is 87.3 cm³/mol. The van der Waals surface area contributed by atoms with Gasteiger partial charge in [-0.3, -0.25) is 4.79 Å². The van der Waals surface area contributed by atoms with Crippen LogP contribution in [0.1, 0.15) is 20.7 Å². The molecule has 0 unspecified atom stereocenters. The third-order valence-corrected chi connectivity index (χ3v) is 3.91. The van der Waals surface area contributed by atoms with Gasteiger partial charge in [0.25, 0.3) is 5.91 Å². The van der Waals surface area contributed by atoms with E-state index in [1.165, 1.54) is 13.3 Å². The number of amides is 1. The van der Waals surface area contributed by atoms with Gasteiger partial charge in [-0.05, 0) is 18.2 Å². The van der Waals surface area contributed by atoms with Crippen LogP contribution in [0.4, 0.5) is 0 Å². The summed E-state index contributed by atoms with van der Waals surface area (Å²) < 4.78 is 10.4. The average Bonchev–Trinajstić information content (AvgIpc) is 2.58. The number of halogens is 1. The fraction of sp³-hybridized carbons (Fsp3) is 0.235. The van der Waals surface area contributed by atoms with E-state index in [0.29, 0.717) is 29.6 Å². The lowest BCUT2D eigenvalue weighted by Gasteiger charge is -2.38.